The van der Waals surface area contributed by atoms with Crippen molar-refractivity contribution in [3.05, 3.63) is 0 Å². The van der Waals surface area contributed by atoms with Gasteiger partial charge in [-0.25, -0.2) is 0 Å². The lowest BCUT2D eigenvalue weighted by Crippen LogP contribution is -2.31. The van der Waals surface area contributed by atoms with Gasteiger partial charge in [0, 0.05) is 82.0 Å². The summed E-state index contributed by atoms with van der Waals surface area (Å²) in [7, 11) is 7.04. The predicted octanol–water partition coefficient (Wildman–Crippen LogP) is 2.99. The zero-order valence-corrected chi connectivity index (χ0v) is 34.4. The highest BCUT2D eigenvalue weighted by Gasteiger charge is 2.13. The number of carbonyl (C=O) groups is 4. The van der Waals surface area contributed by atoms with Crippen molar-refractivity contribution in [2.45, 2.75) is 77.0 Å². The van der Waals surface area contributed by atoms with E-state index >= 15 is 0 Å². The highest BCUT2D eigenvalue weighted by molar-refractivity contribution is 8.77. The van der Waals surface area contributed by atoms with E-state index in [9.17, 15) is 19.2 Å². The molecule has 14 nitrogen and oxygen atoms in total. The van der Waals surface area contributed by atoms with Crippen LogP contribution < -0.4 is 22.1 Å². The smallest absolute Gasteiger partial charge is 0.307 e. The maximum atomic E-state index is 12.3. The Labute approximate surface area is 328 Å². The molecule has 0 heterocycles. The highest BCUT2D eigenvalue weighted by atomic mass is 33.1. The van der Waals surface area contributed by atoms with E-state index in [4.69, 9.17) is 35.5 Å². The molecule has 0 saturated heterocycles. The van der Waals surface area contributed by atoms with E-state index in [-0.39, 0.29) is 43.3 Å². The molecule has 0 aromatic carbocycles. The molecule has 18 heteroatoms. The van der Waals surface area contributed by atoms with Crippen molar-refractivity contribution in [3.63, 3.8) is 0 Å². The summed E-state index contributed by atoms with van der Waals surface area (Å²) < 4.78 is 21.3. The normalized spacial score (nSPS) is 11.2. The Balaban J connectivity index is 3.87. The molecule has 0 radical (unpaired) electrons. The summed E-state index contributed by atoms with van der Waals surface area (Å²) in [6.07, 6.45) is 6.87. The number of esters is 4. The monoisotopic (exact) mass is 817 g/mol. The molecule has 0 amide bonds. The van der Waals surface area contributed by atoms with E-state index in [1.54, 1.807) is 43.2 Å². The fraction of sp³-hybridized carbons (Fsp3) is 0.882. The fourth-order valence-corrected chi connectivity index (χ4v) is 7.88. The summed E-state index contributed by atoms with van der Waals surface area (Å²) in [5.74, 6) is 2.78. The minimum absolute atomic E-state index is 0.0919. The molecule has 0 saturated carbocycles. The Morgan fingerprint density at radius 1 is 0.481 bits per heavy atom. The number of ether oxygens (including phenoxy) is 4. The van der Waals surface area contributed by atoms with Crippen molar-refractivity contribution in [3.8, 4) is 0 Å². The van der Waals surface area contributed by atoms with Crippen LogP contribution in [0.5, 0.6) is 0 Å². The molecule has 0 aromatic heterocycles. The van der Waals surface area contributed by atoms with Crippen LogP contribution in [0.15, 0.2) is 0 Å². The van der Waals surface area contributed by atoms with Gasteiger partial charge in [0.05, 0.1) is 52.1 Å². The van der Waals surface area contributed by atoms with Crippen LogP contribution in [0.25, 0.3) is 0 Å². The lowest BCUT2D eigenvalue weighted by atomic mass is 10.2. The molecular weight excluding hydrogens is 751 g/mol. The van der Waals surface area contributed by atoms with Gasteiger partial charge < -0.3 is 51.1 Å². The van der Waals surface area contributed by atoms with Crippen LogP contribution in [0, 0.1) is 0 Å². The van der Waals surface area contributed by atoms with Crippen molar-refractivity contribution in [2.24, 2.45) is 11.5 Å². The third kappa shape index (κ3) is 38.8. The number of unbranched alkanes of at least 4 members (excludes halogenated alkanes) is 5. The van der Waals surface area contributed by atoms with Crippen LogP contribution in [0.1, 0.15) is 77.0 Å². The molecule has 0 aliphatic heterocycles. The molecule has 0 bridgehead atoms. The lowest BCUT2D eigenvalue weighted by molar-refractivity contribution is -0.145. The molecule has 0 aliphatic rings. The average Bonchev–Trinajstić information content (AvgIpc) is 3.13. The summed E-state index contributed by atoms with van der Waals surface area (Å²) in [6, 6.07) is 0. The summed E-state index contributed by atoms with van der Waals surface area (Å²) in [5, 5.41) is 15.6. The van der Waals surface area contributed by atoms with Crippen molar-refractivity contribution < 1.29 is 43.2 Å². The first-order valence-electron chi connectivity index (χ1n) is 18.7. The highest BCUT2D eigenvalue weighted by Crippen LogP contribution is 2.19. The Bertz CT molecular complexity index is 810. The number of hydrogen-bond acceptors (Lipinski definition) is 18. The Hall–Kier alpha value is -0.960. The first kappa shape index (κ1) is 51.0. The van der Waals surface area contributed by atoms with Crippen LogP contribution >= 0.6 is 43.2 Å². The van der Waals surface area contributed by atoms with Gasteiger partial charge in [-0.15, -0.1) is 0 Å². The number of hydrogen-bond donors (Lipinski definition) is 5. The summed E-state index contributed by atoms with van der Waals surface area (Å²) in [6.45, 7) is 7.22. The van der Waals surface area contributed by atoms with E-state index in [2.05, 4.69) is 10.6 Å². The van der Waals surface area contributed by atoms with Crippen molar-refractivity contribution >= 4 is 67.1 Å². The minimum Gasteiger partial charge on any atom is -0.466 e. The minimum atomic E-state index is -0.296. The molecule has 0 spiro atoms. The fourth-order valence-electron chi connectivity index (χ4n) is 4.27. The van der Waals surface area contributed by atoms with Crippen molar-refractivity contribution in [1.29, 1.82) is 0 Å². The van der Waals surface area contributed by atoms with Crippen LogP contribution in [0.3, 0.4) is 0 Å². The quantitative estimate of drug-likeness (QED) is 0.0261. The Morgan fingerprint density at radius 3 is 1.25 bits per heavy atom. The van der Waals surface area contributed by atoms with Crippen LogP contribution in [0.4, 0.5) is 0 Å². The number of nitrogens with one attached hydrogen (secondary N) is 2. The average molecular weight is 818 g/mol. The van der Waals surface area contributed by atoms with Gasteiger partial charge in [0.2, 0.25) is 0 Å². The van der Waals surface area contributed by atoms with Crippen molar-refractivity contribution in [1.82, 2.24) is 15.5 Å². The topological polar surface area (TPSA) is 205 Å². The zero-order valence-electron chi connectivity index (χ0n) is 31.2. The van der Waals surface area contributed by atoms with Gasteiger partial charge in [0.15, 0.2) is 0 Å². The molecule has 0 fully saturated rings. The number of rotatable bonds is 40. The number of nitrogens with two attached hydrogens (primary N) is 2. The maximum absolute atomic E-state index is 12.3. The Morgan fingerprint density at radius 2 is 0.865 bits per heavy atom. The van der Waals surface area contributed by atoms with Crippen LogP contribution in [-0.4, -0.2) is 149 Å². The summed E-state index contributed by atoms with van der Waals surface area (Å²) in [5.41, 5.74) is 10.9. The molecule has 0 rings (SSSR count). The molecule has 52 heavy (non-hydrogen) atoms. The van der Waals surface area contributed by atoms with Gasteiger partial charge in [-0.1, -0.05) is 43.2 Å². The maximum Gasteiger partial charge on any atom is 0.307 e. The van der Waals surface area contributed by atoms with Gasteiger partial charge in [-0.3, -0.25) is 19.2 Å². The first-order chi connectivity index (χ1) is 25.4. The summed E-state index contributed by atoms with van der Waals surface area (Å²) in [4.78, 5) is 50.3. The van der Waals surface area contributed by atoms with E-state index in [1.165, 1.54) is 0 Å². The van der Waals surface area contributed by atoms with Gasteiger partial charge in [-0.05, 0) is 57.9 Å². The number of carbonyl (C=O) groups excluding carboxylic acids is 4. The van der Waals surface area contributed by atoms with Gasteiger partial charge in [-0.2, -0.15) is 0 Å². The van der Waals surface area contributed by atoms with Crippen molar-refractivity contribution in [2.75, 3.05) is 115 Å². The number of nitrogens with zero attached hydrogens (tertiary/aromatic N) is 1. The number of aliphatic hydroxyl groups is 1. The molecule has 306 valence electrons. The molecule has 7 N–H and O–H groups in total. The third-order valence-electron chi connectivity index (χ3n) is 7.08. The van der Waals surface area contributed by atoms with Gasteiger partial charge in [0.25, 0.3) is 0 Å². The SMILES string of the molecule is NCCSSCCNCCC(=O)OCCCCCOC(=O)CCN(CCCCO)CCC(=O)OCCCCCOC(=O)CCNCCSSCCN. The second-order valence-corrected chi connectivity index (χ2v) is 17.0. The van der Waals surface area contributed by atoms with Gasteiger partial charge >= 0.3 is 23.9 Å². The standard InChI is InChI=1S/C34H67N5O9S4/c35-13-27-49-51-29-17-37-15-9-31(41)45-23-5-1-7-25-47-33(43)11-20-39(19-3-4-22-40)21-12-34(44)48-26-8-2-6-24-46-32(42)10-16-38-18-30-52-50-28-14-36/h37-38,40H,1-30,35-36H2. The van der Waals surface area contributed by atoms with Crippen LogP contribution in [0.2, 0.25) is 0 Å². The lowest BCUT2D eigenvalue weighted by Gasteiger charge is -2.21. The second-order valence-electron chi connectivity index (χ2n) is 11.6. The third-order valence-corrected chi connectivity index (χ3v) is 12.0. The van der Waals surface area contributed by atoms with E-state index < -0.39 is 0 Å². The Kier molecular flexibility index (Phi) is 40.4. The molecular formula is C34H67N5O9S4. The van der Waals surface area contributed by atoms with E-state index in [1.807, 2.05) is 4.90 Å². The van der Waals surface area contributed by atoms with E-state index in [0.717, 1.165) is 55.4 Å². The second kappa shape index (κ2) is 41.2. The van der Waals surface area contributed by atoms with Gasteiger partial charge in [0.1, 0.15) is 0 Å². The number of aliphatic hydroxyl groups excluding tert-OH is 1. The molecule has 0 aliphatic carbocycles. The van der Waals surface area contributed by atoms with E-state index in [0.29, 0.717) is 117 Å². The van der Waals surface area contributed by atoms with Crippen LogP contribution in [-0.2, 0) is 38.1 Å². The first-order valence-corrected chi connectivity index (χ1v) is 23.7. The predicted molar refractivity (Wildman–Crippen MR) is 216 cm³/mol. The molecule has 0 unspecified atom stereocenters. The molecule has 0 aromatic rings. The largest absolute Gasteiger partial charge is 0.466 e. The zero-order chi connectivity index (χ0) is 38.2. The molecule has 0 atom stereocenters. The summed E-state index contributed by atoms with van der Waals surface area (Å²) >= 11 is 0.